The highest BCUT2D eigenvalue weighted by molar-refractivity contribution is 7.84. The lowest BCUT2D eigenvalue weighted by Gasteiger charge is -2.41. The largest absolute Gasteiger partial charge is 0.457 e. The standard InChI is InChI=1S/C18H23N5O8S2/c1-7-10-12(14(25)23(10)33(27,28)29)21-13(24)11(9-8-32-16(19)20-9)22-31-18(5,6)15(26)30-17(2,3)4/h1,8,10,12H,2-6H3,(H2,19,20)(H,21,24)(H,27,28,29)/b22-11+/t10-,12+/m1/s1. The van der Waals surface area contributed by atoms with Crippen molar-refractivity contribution in [2.45, 2.75) is 57.9 Å². The zero-order valence-corrected chi connectivity index (χ0v) is 20.0. The number of amides is 2. The van der Waals surface area contributed by atoms with Crippen LogP contribution in [0.15, 0.2) is 10.5 Å². The summed E-state index contributed by atoms with van der Waals surface area (Å²) < 4.78 is 37.0. The molecule has 4 N–H and O–H groups in total. The van der Waals surface area contributed by atoms with Crippen LogP contribution in [0.2, 0.25) is 0 Å². The van der Waals surface area contributed by atoms with E-state index in [0.29, 0.717) is 0 Å². The maximum Gasteiger partial charge on any atom is 0.363 e. The molecule has 1 aliphatic rings. The Balaban J connectivity index is 2.30. The van der Waals surface area contributed by atoms with E-state index < -0.39 is 57.1 Å². The normalized spacial score (nSPS) is 19.4. The lowest BCUT2D eigenvalue weighted by molar-refractivity contribution is -0.179. The number of anilines is 1. The van der Waals surface area contributed by atoms with Crippen LogP contribution in [-0.2, 0) is 34.3 Å². The van der Waals surface area contributed by atoms with Crippen LogP contribution in [0.3, 0.4) is 0 Å². The highest BCUT2D eigenvalue weighted by Crippen LogP contribution is 2.24. The molecule has 2 amide bonds. The van der Waals surface area contributed by atoms with E-state index in [1.807, 2.05) is 5.92 Å². The first-order valence-electron chi connectivity index (χ1n) is 9.26. The van der Waals surface area contributed by atoms with Gasteiger partial charge in [-0.2, -0.15) is 12.7 Å². The average Bonchev–Trinajstić information content (AvgIpc) is 3.07. The van der Waals surface area contributed by atoms with Gasteiger partial charge in [-0.1, -0.05) is 11.1 Å². The Morgan fingerprint density at radius 3 is 2.42 bits per heavy atom. The number of esters is 1. The van der Waals surface area contributed by atoms with Crippen LogP contribution in [0.25, 0.3) is 0 Å². The van der Waals surface area contributed by atoms with Gasteiger partial charge in [-0.15, -0.1) is 17.8 Å². The number of terminal acetylenes is 1. The number of hydrogen-bond donors (Lipinski definition) is 3. The topological polar surface area (TPSA) is 191 Å². The molecule has 0 unspecified atom stereocenters. The zero-order chi connectivity index (χ0) is 25.4. The SMILES string of the molecule is C#C[C@@H]1[C@H](NC(=O)/C(=N/OC(C)(C)C(=O)OC(C)(C)C)c2csc(N)n2)C(=O)N1S(=O)(=O)O. The summed E-state index contributed by atoms with van der Waals surface area (Å²) in [6.45, 7) is 7.71. The van der Waals surface area contributed by atoms with Gasteiger partial charge in [0.15, 0.2) is 10.8 Å². The molecule has 1 aromatic rings. The summed E-state index contributed by atoms with van der Waals surface area (Å²) in [4.78, 5) is 46.6. The number of hydrogen-bond acceptors (Lipinski definition) is 11. The van der Waals surface area contributed by atoms with Crippen molar-refractivity contribution in [1.82, 2.24) is 14.6 Å². The number of carbonyl (C=O) groups is 3. The first-order valence-corrected chi connectivity index (χ1v) is 11.5. The van der Waals surface area contributed by atoms with Gasteiger partial charge in [-0.05, 0) is 34.6 Å². The van der Waals surface area contributed by atoms with E-state index in [1.165, 1.54) is 19.2 Å². The smallest absolute Gasteiger partial charge is 0.363 e. The van der Waals surface area contributed by atoms with Crippen molar-refractivity contribution in [3.05, 3.63) is 11.1 Å². The second kappa shape index (κ2) is 8.96. The molecule has 1 fully saturated rings. The molecule has 1 saturated heterocycles. The number of aromatic nitrogens is 1. The number of carbonyl (C=O) groups excluding carboxylic acids is 3. The van der Waals surface area contributed by atoms with Crippen molar-refractivity contribution in [3.63, 3.8) is 0 Å². The summed E-state index contributed by atoms with van der Waals surface area (Å²) in [6.07, 6.45) is 5.23. The third-order valence-corrected chi connectivity index (χ3v) is 5.57. The highest BCUT2D eigenvalue weighted by atomic mass is 32.2. The van der Waals surface area contributed by atoms with E-state index in [9.17, 15) is 22.8 Å². The fourth-order valence-electron chi connectivity index (χ4n) is 2.43. The molecule has 1 aromatic heterocycles. The van der Waals surface area contributed by atoms with Crippen LogP contribution < -0.4 is 11.1 Å². The number of oxime groups is 1. The van der Waals surface area contributed by atoms with Gasteiger partial charge in [0.2, 0.25) is 5.60 Å². The fraction of sp³-hybridized carbons (Fsp3) is 0.500. The summed E-state index contributed by atoms with van der Waals surface area (Å²) in [5.74, 6) is -0.929. The van der Waals surface area contributed by atoms with Gasteiger partial charge >= 0.3 is 16.3 Å². The molecule has 13 nitrogen and oxygen atoms in total. The minimum atomic E-state index is -4.91. The molecule has 33 heavy (non-hydrogen) atoms. The molecular weight excluding hydrogens is 478 g/mol. The van der Waals surface area contributed by atoms with Gasteiger partial charge in [0, 0.05) is 5.38 Å². The van der Waals surface area contributed by atoms with Gasteiger partial charge < -0.3 is 20.6 Å². The number of thiazole rings is 1. The molecule has 2 atom stereocenters. The summed E-state index contributed by atoms with van der Waals surface area (Å²) >= 11 is 0.984. The van der Waals surface area contributed by atoms with Crippen LogP contribution in [0.4, 0.5) is 5.13 Å². The predicted molar refractivity (Wildman–Crippen MR) is 117 cm³/mol. The molecule has 0 spiro atoms. The molecule has 15 heteroatoms. The van der Waals surface area contributed by atoms with Gasteiger partial charge in [-0.3, -0.25) is 14.1 Å². The van der Waals surface area contributed by atoms with Crippen molar-refractivity contribution in [1.29, 1.82) is 0 Å². The minimum absolute atomic E-state index is 0.0364. The summed E-state index contributed by atoms with van der Waals surface area (Å²) in [6, 6.07) is -2.93. The van der Waals surface area contributed by atoms with Gasteiger partial charge in [0.05, 0.1) is 0 Å². The minimum Gasteiger partial charge on any atom is -0.457 e. The Kier molecular flexibility index (Phi) is 7.07. The maximum absolute atomic E-state index is 12.9. The number of nitrogens with two attached hydrogens (primary N) is 1. The Morgan fingerprint density at radius 1 is 1.36 bits per heavy atom. The van der Waals surface area contributed by atoms with Crippen molar-refractivity contribution in [3.8, 4) is 12.3 Å². The van der Waals surface area contributed by atoms with Gasteiger partial charge in [0.1, 0.15) is 23.4 Å². The maximum atomic E-state index is 12.9. The third-order valence-electron chi connectivity index (χ3n) is 3.99. The van der Waals surface area contributed by atoms with Crippen LogP contribution in [0.1, 0.15) is 40.3 Å². The molecule has 0 saturated carbocycles. The van der Waals surface area contributed by atoms with Crippen molar-refractivity contribution < 1.29 is 36.9 Å². The van der Waals surface area contributed by atoms with E-state index in [1.54, 1.807) is 20.8 Å². The predicted octanol–water partition coefficient (Wildman–Crippen LogP) is -0.302. The fourth-order valence-corrected chi connectivity index (χ4v) is 3.79. The van der Waals surface area contributed by atoms with E-state index in [4.69, 9.17) is 26.3 Å². The lowest BCUT2D eigenvalue weighted by Crippen LogP contribution is -2.71. The quantitative estimate of drug-likeness (QED) is 0.112. The van der Waals surface area contributed by atoms with E-state index in [0.717, 1.165) is 11.3 Å². The summed E-state index contributed by atoms with van der Waals surface area (Å²) in [5.41, 5.74) is 2.69. The third kappa shape index (κ3) is 5.97. The Bertz CT molecular complexity index is 1140. The monoisotopic (exact) mass is 501 g/mol. The van der Waals surface area contributed by atoms with E-state index in [-0.39, 0.29) is 15.1 Å². The van der Waals surface area contributed by atoms with Crippen molar-refractivity contribution in [2.75, 3.05) is 5.73 Å². The van der Waals surface area contributed by atoms with Crippen LogP contribution in [0, 0.1) is 12.3 Å². The second-order valence-corrected chi connectivity index (χ2v) is 10.5. The lowest BCUT2D eigenvalue weighted by atomic mass is 9.99. The number of nitrogens with zero attached hydrogens (tertiary/aromatic N) is 3. The molecule has 0 aromatic carbocycles. The molecule has 180 valence electrons. The first-order chi connectivity index (χ1) is 15.0. The Hall–Kier alpha value is -3.22. The molecule has 0 radical (unpaired) electrons. The summed E-state index contributed by atoms with van der Waals surface area (Å²) in [5, 5.41) is 7.43. The van der Waals surface area contributed by atoms with E-state index in [2.05, 4.69) is 15.5 Å². The average molecular weight is 502 g/mol. The molecular formula is C18H23N5O8S2. The van der Waals surface area contributed by atoms with Crippen LogP contribution in [-0.4, -0.2) is 69.0 Å². The molecule has 0 bridgehead atoms. The zero-order valence-electron chi connectivity index (χ0n) is 18.3. The number of rotatable bonds is 7. The molecule has 1 aliphatic heterocycles. The molecule has 2 rings (SSSR count). The first kappa shape index (κ1) is 26.0. The van der Waals surface area contributed by atoms with Crippen molar-refractivity contribution >= 4 is 50.3 Å². The Labute approximate surface area is 194 Å². The number of ether oxygens (including phenoxy) is 1. The molecule has 0 aliphatic carbocycles. The summed E-state index contributed by atoms with van der Waals surface area (Å²) in [7, 11) is -4.91. The second-order valence-electron chi connectivity index (χ2n) is 8.29. The van der Waals surface area contributed by atoms with Crippen molar-refractivity contribution in [2.24, 2.45) is 5.16 Å². The Morgan fingerprint density at radius 2 is 1.97 bits per heavy atom. The molecule has 2 heterocycles. The van der Waals surface area contributed by atoms with Crippen LogP contribution >= 0.6 is 11.3 Å². The van der Waals surface area contributed by atoms with Gasteiger partial charge in [-0.25, -0.2) is 9.78 Å². The number of β-lactam (4-membered cyclic amide) rings is 1. The van der Waals surface area contributed by atoms with E-state index >= 15 is 0 Å². The van der Waals surface area contributed by atoms with Gasteiger partial charge in [0.25, 0.3) is 11.8 Å². The highest BCUT2D eigenvalue weighted by Gasteiger charge is 2.53. The van der Waals surface area contributed by atoms with Crippen LogP contribution in [0.5, 0.6) is 0 Å². The number of nitrogens with one attached hydrogen (secondary N) is 1. The number of nitrogen functional groups attached to an aromatic ring is 1.